The molecular weight excluding hydrogens is 293 g/mol. The molecule has 0 aromatic carbocycles. The number of aromatic nitrogens is 1. The molecule has 18 heavy (non-hydrogen) atoms. The van der Waals surface area contributed by atoms with E-state index in [2.05, 4.69) is 24.1 Å². The van der Waals surface area contributed by atoms with Crippen LogP contribution >= 0.6 is 36.2 Å². The van der Waals surface area contributed by atoms with Gasteiger partial charge >= 0.3 is 0 Å². The van der Waals surface area contributed by atoms with Crippen molar-refractivity contribution in [3.05, 3.63) is 16.1 Å². The second kappa shape index (κ2) is 7.94. The summed E-state index contributed by atoms with van der Waals surface area (Å²) in [7, 11) is 0. The van der Waals surface area contributed by atoms with Gasteiger partial charge in [-0.2, -0.15) is 0 Å². The molecule has 0 aliphatic carbocycles. The first-order chi connectivity index (χ1) is 7.29. The number of nitrogens with zero attached hydrogens (tertiary/aromatic N) is 1. The van der Waals surface area contributed by atoms with Gasteiger partial charge < -0.3 is 11.1 Å². The van der Waals surface area contributed by atoms with E-state index < -0.39 is 5.54 Å². The van der Waals surface area contributed by atoms with Gasteiger partial charge in [-0.1, -0.05) is 13.8 Å². The molecule has 0 aliphatic rings. The Morgan fingerprint density at radius 3 is 2.44 bits per heavy atom. The largest absolute Gasteiger partial charge is 0.349 e. The highest BCUT2D eigenvalue weighted by molar-refractivity contribution is 7.09. The number of amides is 1. The fourth-order valence-electron chi connectivity index (χ4n) is 1.06. The summed E-state index contributed by atoms with van der Waals surface area (Å²) in [6.07, 6.45) is 0. The minimum absolute atomic E-state index is 0. The minimum atomic E-state index is -0.396. The number of hydrogen-bond acceptors (Lipinski definition) is 4. The molecule has 0 bridgehead atoms. The van der Waals surface area contributed by atoms with Gasteiger partial charge in [0.1, 0.15) is 5.69 Å². The maximum absolute atomic E-state index is 11.7. The first-order valence-electron chi connectivity index (χ1n) is 5.32. The number of nitrogens with one attached hydrogen (secondary N) is 1. The summed E-state index contributed by atoms with van der Waals surface area (Å²) >= 11 is 1.52. The quantitative estimate of drug-likeness (QED) is 0.897. The van der Waals surface area contributed by atoms with Gasteiger partial charge in [-0.05, 0) is 13.8 Å². The highest BCUT2D eigenvalue weighted by atomic mass is 35.5. The van der Waals surface area contributed by atoms with Gasteiger partial charge in [0.2, 0.25) is 0 Å². The Labute approximate surface area is 125 Å². The summed E-state index contributed by atoms with van der Waals surface area (Å²) < 4.78 is 0. The van der Waals surface area contributed by atoms with Gasteiger partial charge in [0, 0.05) is 23.4 Å². The fourth-order valence-corrected chi connectivity index (χ4v) is 1.87. The average molecular weight is 314 g/mol. The van der Waals surface area contributed by atoms with E-state index in [-0.39, 0.29) is 30.7 Å². The molecule has 0 radical (unpaired) electrons. The van der Waals surface area contributed by atoms with Crippen molar-refractivity contribution in [3.8, 4) is 0 Å². The van der Waals surface area contributed by atoms with E-state index in [9.17, 15) is 4.79 Å². The normalized spacial score (nSPS) is 10.6. The van der Waals surface area contributed by atoms with Crippen LogP contribution in [0.1, 0.15) is 49.1 Å². The smallest absolute Gasteiger partial charge is 0.270 e. The van der Waals surface area contributed by atoms with Gasteiger partial charge in [0.15, 0.2) is 0 Å². The van der Waals surface area contributed by atoms with Crippen LogP contribution in [0.3, 0.4) is 0 Å². The van der Waals surface area contributed by atoms with E-state index in [0.29, 0.717) is 18.2 Å². The molecule has 0 fully saturated rings. The van der Waals surface area contributed by atoms with Gasteiger partial charge in [-0.25, -0.2) is 4.98 Å². The molecule has 0 aliphatic heterocycles. The predicted molar refractivity (Wildman–Crippen MR) is 81.3 cm³/mol. The maximum Gasteiger partial charge on any atom is 0.270 e. The zero-order chi connectivity index (χ0) is 12.3. The molecular formula is C11H21Cl2N3OS. The molecule has 1 rings (SSSR count). The monoisotopic (exact) mass is 313 g/mol. The lowest BCUT2D eigenvalue weighted by Gasteiger charge is -2.18. The summed E-state index contributed by atoms with van der Waals surface area (Å²) in [6.45, 7) is 8.30. The van der Waals surface area contributed by atoms with Crippen LogP contribution in [-0.2, 0) is 0 Å². The Morgan fingerprint density at radius 1 is 1.50 bits per heavy atom. The molecule has 7 heteroatoms. The van der Waals surface area contributed by atoms with Crippen molar-refractivity contribution >= 4 is 42.1 Å². The van der Waals surface area contributed by atoms with E-state index in [1.165, 1.54) is 11.3 Å². The topological polar surface area (TPSA) is 68.0 Å². The van der Waals surface area contributed by atoms with Crippen molar-refractivity contribution in [3.63, 3.8) is 0 Å². The number of carbonyl (C=O) groups is 1. The zero-order valence-electron chi connectivity index (χ0n) is 11.0. The van der Waals surface area contributed by atoms with E-state index in [1.807, 2.05) is 13.8 Å². The highest BCUT2D eigenvalue weighted by Crippen LogP contribution is 2.18. The maximum atomic E-state index is 11.7. The molecule has 1 aromatic rings. The molecule has 0 saturated heterocycles. The number of carbonyl (C=O) groups excluding carboxylic acids is 1. The van der Waals surface area contributed by atoms with E-state index in [0.717, 1.165) is 5.01 Å². The lowest BCUT2D eigenvalue weighted by Crippen LogP contribution is -2.45. The lowest BCUT2D eigenvalue weighted by atomic mass is 10.1. The SMILES string of the molecule is CC(C)c1nc(C(=O)NCC(C)(C)N)cs1.Cl.Cl. The second-order valence-corrected chi connectivity index (χ2v) is 5.79. The Balaban J connectivity index is 0. The minimum Gasteiger partial charge on any atom is -0.349 e. The first-order valence-corrected chi connectivity index (χ1v) is 6.20. The fraction of sp³-hybridized carbons (Fsp3) is 0.636. The van der Waals surface area contributed by atoms with Crippen LogP contribution in [-0.4, -0.2) is 23.0 Å². The van der Waals surface area contributed by atoms with Gasteiger partial charge in [-0.15, -0.1) is 36.2 Å². The van der Waals surface area contributed by atoms with Crippen molar-refractivity contribution in [2.45, 2.75) is 39.2 Å². The second-order valence-electron chi connectivity index (χ2n) is 4.90. The van der Waals surface area contributed by atoms with Crippen LogP contribution in [0, 0.1) is 0 Å². The summed E-state index contributed by atoms with van der Waals surface area (Å²) in [6, 6.07) is 0. The summed E-state index contributed by atoms with van der Waals surface area (Å²) in [4.78, 5) is 16.0. The number of rotatable bonds is 4. The Bertz CT molecular complexity index is 375. The molecule has 4 nitrogen and oxygen atoms in total. The molecule has 0 atom stereocenters. The van der Waals surface area contributed by atoms with Crippen molar-refractivity contribution in [2.75, 3.05) is 6.54 Å². The number of hydrogen-bond donors (Lipinski definition) is 2. The number of thiazole rings is 1. The third-order valence-electron chi connectivity index (χ3n) is 1.95. The Kier molecular flexibility index (Phi) is 8.81. The third kappa shape index (κ3) is 6.54. The van der Waals surface area contributed by atoms with Gasteiger partial charge in [-0.3, -0.25) is 4.79 Å². The summed E-state index contributed by atoms with van der Waals surface area (Å²) in [5.41, 5.74) is 5.87. The highest BCUT2D eigenvalue weighted by Gasteiger charge is 2.16. The molecule has 3 N–H and O–H groups in total. The third-order valence-corrected chi connectivity index (χ3v) is 3.10. The number of halogens is 2. The van der Waals surface area contributed by atoms with E-state index in [1.54, 1.807) is 5.38 Å². The van der Waals surface area contributed by atoms with Crippen LogP contribution in [0.15, 0.2) is 5.38 Å². The lowest BCUT2D eigenvalue weighted by molar-refractivity contribution is 0.0941. The molecule has 1 heterocycles. The molecule has 1 aromatic heterocycles. The van der Waals surface area contributed by atoms with Crippen molar-refractivity contribution in [1.29, 1.82) is 0 Å². The standard InChI is InChI=1S/C11H19N3OS.2ClH/c1-7(2)10-14-8(5-16-10)9(15)13-6-11(3,4)12;;/h5,7H,6,12H2,1-4H3,(H,13,15);2*1H. The van der Waals surface area contributed by atoms with Crippen LogP contribution in [0.4, 0.5) is 0 Å². The first kappa shape index (κ1) is 20.0. The molecule has 0 saturated carbocycles. The average Bonchev–Trinajstić information content (AvgIpc) is 2.61. The molecule has 0 unspecified atom stereocenters. The molecule has 0 spiro atoms. The van der Waals surface area contributed by atoms with Crippen LogP contribution < -0.4 is 11.1 Å². The Hall–Kier alpha value is -0.360. The molecule has 1 amide bonds. The van der Waals surface area contributed by atoms with Crippen molar-refractivity contribution < 1.29 is 4.79 Å². The van der Waals surface area contributed by atoms with Gasteiger partial charge in [0.05, 0.1) is 5.01 Å². The van der Waals surface area contributed by atoms with Crippen LogP contribution in [0.2, 0.25) is 0 Å². The number of nitrogens with two attached hydrogens (primary N) is 1. The van der Waals surface area contributed by atoms with Crippen molar-refractivity contribution in [1.82, 2.24) is 10.3 Å². The predicted octanol–water partition coefficient (Wildman–Crippen LogP) is 2.58. The molecule has 106 valence electrons. The van der Waals surface area contributed by atoms with Crippen molar-refractivity contribution in [2.24, 2.45) is 5.73 Å². The summed E-state index contributed by atoms with van der Waals surface area (Å²) in [5.74, 6) is 0.208. The van der Waals surface area contributed by atoms with E-state index >= 15 is 0 Å². The van der Waals surface area contributed by atoms with E-state index in [4.69, 9.17) is 5.73 Å². The summed E-state index contributed by atoms with van der Waals surface area (Å²) in [5, 5.41) is 5.54. The zero-order valence-corrected chi connectivity index (χ0v) is 13.5. The Morgan fingerprint density at radius 2 is 2.06 bits per heavy atom. The van der Waals surface area contributed by atoms with Crippen LogP contribution in [0.5, 0.6) is 0 Å². The van der Waals surface area contributed by atoms with Gasteiger partial charge in [0.25, 0.3) is 5.91 Å². The van der Waals surface area contributed by atoms with Crippen LogP contribution in [0.25, 0.3) is 0 Å².